The standard InChI is InChI=1S/C12H12O4/c1-7-4-10-11(16-6-15-10)5-9(7)8(2)12(13)14-3/h4-5H,2,6H2,1,3H3. The maximum absolute atomic E-state index is 11.4. The van der Waals surface area contributed by atoms with Gasteiger partial charge in [0.1, 0.15) is 0 Å². The Hall–Kier alpha value is -1.97. The quantitative estimate of drug-likeness (QED) is 0.564. The minimum absolute atomic E-state index is 0.211. The van der Waals surface area contributed by atoms with Gasteiger partial charge in [-0.3, -0.25) is 0 Å². The van der Waals surface area contributed by atoms with Gasteiger partial charge in [0.25, 0.3) is 0 Å². The third kappa shape index (κ3) is 1.62. The average Bonchev–Trinajstić information content (AvgIpc) is 2.72. The first-order chi connectivity index (χ1) is 7.63. The van der Waals surface area contributed by atoms with Gasteiger partial charge in [-0.1, -0.05) is 6.58 Å². The second kappa shape index (κ2) is 3.89. The zero-order valence-electron chi connectivity index (χ0n) is 9.20. The Morgan fingerprint density at radius 3 is 2.62 bits per heavy atom. The van der Waals surface area contributed by atoms with Crippen molar-refractivity contribution in [1.82, 2.24) is 0 Å². The predicted molar refractivity (Wildman–Crippen MR) is 58.4 cm³/mol. The van der Waals surface area contributed by atoms with E-state index < -0.39 is 5.97 Å². The fraction of sp³-hybridized carbons (Fsp3) is 0.250. The fourth-order valence-electron chi connectivity index (χ4n) is 1.60. The molecule has 0 N–H and O–H groups in total. The number of aryl methyl sites for hydroxylation is 1. The number of carbonyl (C=O) groups is 1. The average molecular weight is 220 g/mol. The number of rotatable bonds is 2. The van der Waals surface area contributed by atoms with Crippen molar-refractivity contribution in [2.24, 2.45) is 0 Å². The zero-order valence-corrected chi connectivity index (χ0v) is 9.20. The molecule has 0 saturated heterocycles. The van der Waals surface area contributed by atoms with E-state index in [4.69, 9.17) is 9.47 Å². The third-order valence-corrected chi connectivity index (χ3v) is 2.48. The van der Waals surface area contributed by atoms with E-state index >= 15 is 0 Å². The van der Waals surface area contributed by atoms with E-state index in [0.29, 0.717) is 17.1 Å². The van der Waals surface area contributed by atoms with Crippen LogP contribution >= 0.6 is 0 Å². The van der Waals surface area contributed by atoms with Crippen molar-refractivity contribution in [2.45, 2.75) is 6.92 Å². The van der Waals surface area contributed by atoms with Gasteiger partial charge in [0, 0.05) is 0 Å². The molecule has 0 saturated carbocycles. The molecule has 0 spiro atoms. The van der Waals surface area contributed by atoms with Crippen molar-refractivity contribution in [3.63, 3.8) is 0 Å². The number of hydrogen-bond donors (Lipinski definition) is 0. The van der Waals surface area contributed by atoms with Gasteiger partial charge >= 0.3 is 5.97 Å². The van der Waals surface area contributed by atoms with Gasteiger partial charge < -0.3 is 14.2 Å². The van der Waals surface area contributed by atoms with Crippen LogP contribution in [-0.2, 0) is 9.53 Å². The smallest absolute Gasteiger partial charge is 0.337 e. The SMILES string of the molecule is C=C(C(=O)OC)c1cc2c(cc1C)OCO2. The Morgan fingerprint density at radius 2 is 2.00 bits per heavy atom. The molecule has 4 nitrogen and oxygen atoms in total. The Bertz CT molecular complexity index is 462. The van der Waals surface area contributed by atoms with Crippen LogP contribution in [0.5, 0.6) is 11.5 Å². The summed E-state index contributed by atoms with van der Waals surface area (Å²) in [5.41, 5.74) is 1.94. The van der Waals surface area contributed by atoms with Gasteiger partial charge in [-0.15, -0.1) is 0 Å². The Balaban J connectivity index is 2.42. The molecule has 0 fully saturated rings. The lowest BCUT2D eigenvalue weighted by atomic mass is 10.0. The summed E-state index contributed by atoms with van der Waals surface area (Å²) in [7, 11) is 1.33. The van der Waals surface area contributed by atoms with Crippen LogP contribution in [0, 0.1) is 6.92 Å². The summed E-state index contributed by atoms with van der Waals surface area (Å²) in [6.45, 7) is 5.80. The van der Waals surface area contributed by atoms with Gasteiger partial charge in [-0.25, -0.2) is 4.79 Å². The minimum Gasteiger partial charge on any atom is -0.465 e. The van der Waals surface area contributed by atoms with Gasteiger partial charge in [-0.2, -0.15) is 0 Å². The molecule has 1 aromatic rings. The molecular weight excluding hydrogens is 208 g/mol. The summed E-state index contributed by atoms with van der Waals surface area (Å²) in [6.07, 6.45) is 0. The summed E-state index contributed by atoms with van der Waals surface area (Å²) < 4.78 is 15.1. The monoisotopic (exact) mass is 220 g/mol. The van der Waals surface area contributed by atoms with Crippen molar-refractivity contribution in [2.75, 3.05) is 13.9 Å². The van der Waals surface area contributed by atoms with E-state index in [-0.39, 0.29) is 6.79 Å². The predicted octanol–water partition coefficient (Wildman–Crippen LogP) is 1.91. The molecule has 0 aliphatic carbocycles. The molecule has 0 amide bonds. The molecule has 84 valence electrons. The van der Waals surface area contributed by atoms with Crippen LogP contribution in [-0.4, -0.2) is 19.9 Å². The number of benzene rings is 1. The molecule has 1 aliphatic rings. The van der Waals surface area contributed by atoms with Crippen LogP contribution < -0.4 is 9.47 Å². The number of hydrogen-bond acceptors (Lipinski definition) is 4. The van der Waals surface area contributed by atoms with Crippen LogP contribution in [0.1, 0.15) is 11.1 Å². The second-order valence-electron chi connectivity index (χ2n) is 3.49. The lowest BCUT2D eigenvalue weighted by Gasteiger charge is -2.08. The first-order valence-corrected chi connectivity index (χ1v) is 4.81. The largest absolute Gasteiger partial charge is 0.465 e. The van der Waals surface area contributed by atoms with Gasteiger partial charge in [-0.05, 0) is 30.2 Å². The van der Waals surface area contributed by atoms with Crippen molar-refractivity contribution in [3.05, 3.63) is 29.8 Å². The van der Waals surface area contributed by atoms with Gasteiger partial charge in [0.05, 0.1) is 12.7 Å². The van der Waals surface area contributed by atoms with Crippen LogP contribution in [0.3, 0.4) is 0 Å². The molecule has 16 heavy (non-hydrogen) atoms. The summed E-state index contributed by atoms with van der Waals surface area (Å²) in [5, 5.41) is 0. The van der Waals surface area contributed by atoms with E-state index in [2.05, 4.69) is 11.3 Å². The van der Waals surface area contributed by atoms with Gasteiger partial charge in [0.2, 0.25) is 6.79 Å². The van der Waals surface area contributed by atoms with Crippen molar-refractivity contribution in [3.8, 4) is 11.5 Å². The highest BCUT2D eigenvalue weighted by Gasteiger charge is 2.19. The molecule has 0 aromatic heterocycles. The normalized spacial score (nSPS) is 12.4. The molecule has 1 aromatic carbocycles. The van der Waals surface area contributed by atoms with E-state index in [1.807, 2.05) is 13.0 Å². The Kier molecular flexibility index (Phi) is 2.56. The molecule has 1 heterocycles. The van der Waals surface area contributed by atoms with E-state index in [9.17, 15) is 4.79 Å². The number of methoxy groups -OCH3 is 1. The van der Waals surface area contributed by atoms with Crippen LogP contribution in [0.2, 0.25) is 0 Å². The van der Waals surface area contributed by atoms with Crippen molar-refractivity contribution < 1.29 is 19.0 Å². The minimum atomic E-state index is -0.443. The summed E-state index contributed by atoms with van der Waals surface area (Å²) in [4.78, 5) is 11.4. The zero-order chi connectivity index (χ0) is 11.7. The lowest BCUT2D eigenvalue weighted by molar-refractivity contribution is -0.133. The number of esters is 1. The Labute approximate surface area is 93.4 Å². The highest BCUT2D eigenvalue weighted by molar-refractivity contribution is 6.16. The maximum atomic E-state index is 11.4. The second-order valence-corrected chi connectivity index (χ2v) is 3.49. The first-order valence-electron chi connectivity index (χ1n) is 4.81. The Morgan fingerprint density at radius 1 is 1.38 bits per heavy atom. The topological polar surface area (TPSA) is 44.8 Å². The molecule has 2 rings (SSSR count). The van der Waals surface area contributed by atoms with Crippen LogP contribution in [0.15, 0.2) is 18.7 Å². The van der Waals surface area contributed by atoms with Crippen molar-refractivity contribution >= 4 is 11.5 Å². The third-order valence-electron chi connectivity index (χ3n) is 2.48. The highest BCUT2D eigenvalue weighted by Crippen LogP contribution is 2.36. The lowest BCUT2D eigenvalue weighted by Crippen LogP contribution is -2.03. The first kappa shape index (κ1) is 10.5. The summed E-state index contributed by atoms with van der Waals surface area (Å²) in [6, 6.07) is 3.57. The van der Waals surface area contributed by atoms with Crippen LogP contribution in [0.4, 0.5) is 0 Å². The molecular formula is C12H12O4. The fourth-order valence-corrected chi connectivity index (χ4v) is 1.60. The number of fused-ring (bicyclic) bond motifs is 1. The molecule has 1 aliphatic heterocycles. The summed E-state index contributed by atoms with van der Waals surface area (Å²) >= 11 is 0. The highest BCUT2D eigenvalue weighted by atomic mass is 16.7. The molecule has 0 radical (unpaired) electrons. The summed E-state index contributed by atoms with van der Waals surface area (Å²) in [5.74, 6) is 0.881. The molecule has 0 unspecified atom stereocenters. The number of carbonyl (C=O) groups excluding carboxylic acids is 1. The number of ether oxygens (including phenoxy) is 3. The van der Waals surface area contributed by atoms with Gasteiger partial charge in [0.15, 0.2) is 11.5 Å². The maximum Gasteiger partial charge on any atom is 0.337 e. The van der Waals surface area contributed by atoms with E-state index in [1.165, 1.54) is 7.11 Å². The van der Waals surface area contributed by atoms with E-state index in [1.54, 1.807) is 6.07 Å². The van der Waals surface area contributed by atoms with E-state index in [0.717, 1.165) is 11.1 Å². The molecule has 0 bridgehead atoms. The van der Waals surface area contributed by atoms with Crippen molar-refractivity contribution in [1.29, 1.82) is 0 Å². The van der Waals surface area contributed by atoms with Crippen LogP contribution in [0.25, 0.3) is 5.57 Å². The molecule has 4 heteroatoms. The molecule has 0 atom stereocenters.